The van der Waals surface area contributed by atoms with Crippen LogP contribution in [0.1, 0.15) is 47.5 Å². The quantitative estimate of drug-likeness (QED) is 0.681. The molecule has 0 bridgehead atoms. The van der Waals surface area contributed by atoms with Crippen molar-refractivity contribution in [2.24, 2.45) is 11.3 Å². The van der Waals surface area contributed by atoms with Gasteiger partial charge in [0.05, 0.1) is 0 Å². The van der Waals surface area contributed by atoms with E-state index in [2.05, 4.69) is 39.1 Å². The predicted molar refractivity (Wildman–Crippen MR) is 66.7 cm³/mol. The van der Waals surface area contributed by atoms with E-state index in [0.29, 0.717) is 17.9 Å². The second-order valence-corrected chi connectivity index (χ2v) is 5.30. The normalized spacial score (nSPS) is 15.2. The molecule has 0 spiro atoms. The Kier molecular flexibility index (Phi) is 6.66. The maximum absolute atomic E-state index is 9.03. The molecule has 0 radical (unpaired) electrons. The molecule has 0 fully saturated rings. The molecule has 1 atom stereocenters. The second-order valence-electron chi connectivity index (χ2n) is 5.30. The fourth-order valence-electron chi connectivity index (χ4n) is 1.81. The lowest BCUT2D eigenvalue weighted by atomic mass is 9.81. The molecule has 2 heteroatoms. The molecule has 0 saturated carbocycles. The Labute approximate surface area is 94.8 Å². The van der Waals surface area contributed by atoms with Crippen LogP contribution in [0.15, 0.2) is 11.8 Å². The molecule has 0 rings (SSSR count). The zero-order chi connectivity index (χ0) is 11.9. The Bertz CT molecular complexity index is 197. The first-order valence-electron chi connectivity index (χ1n) is 5.89. The standard InChI is InChI=1S/C13H27NO/c1-6-12(3)14-8-7-13(4,5)9-11(2)10-15/h6,11,14-15H,7-10H2,1-5H3/b12-6-. The zero-order valence-corrected chi connectivity index (χ0v) is 10.9. The molecule has 0 aliphatic heterocycles. The third-order valence-electron chi connectivity index (χ3n) is 2.85. The number of aliphatic hydroxyl groups is 1. The Morgan fingerprint density at radius 3 is 2.53 bits per heavy atom. The van der Waals surface area contributed by atoms with Crippen molar-refractivity contribution in [1.82, 2.24) is 5.32 Å². The Hall–Kier alpha value is -0.500. The molecule has 15 heavy (non-hydrogen) atoms. The van der Waals surface area contributed by atoms with Crippen LogP contribution in [0.3, 0.4) is 0 Å². The highest BCUT2D eigenvalue weighted by Gasteiger charge is 2.20. The number of rotatable bonds is 7. The van der Waals surface area contributed by atoms with Crippen molar-refractivity contribution in [2.75, 3.05) is 13.2 Å². The summed E-state index contributed by atoms with van der Waals surface area (Å²) in [6.45, 7) is 12.1. The van der Waals surface area contributed by atoms with Crippen LogP contribution >= 0.6 is 0 Å². The molecule has 0 aromatic carbocycles. The lowest BCUT2D eigenvalue weighted by Crippen LogP contribution is -2.24. The molecule has 0 aliphatic carbocycles. The van der Waals surface area contributed by atoms with E-state index in [-0.39, 0.29) is 0 Å². The molecular formula is C13H27NO. The average molecular weight is 213 g/mol. The van der Waals surface area contributed by atoms with Gasteiger partial charge in [-0.3, -0.25) is 0 Å². The van der Waals surface area contributed by atoms with Crippen LogP contribution in [-0.4, -0.2) is 18.3 Å². The lowest BCUT2D eigenvalue weighted by molar-refractivity contribution is 0.175. The van der Waals surface area contributed by atoms with Crippen LogP contribution in [0.25, 0.3) is 0 Å². The van der Waals surface area contributed by atoms with Crippen molar-refractivity contribution in [1.29, 1.82) is 0 Å². The Morgan fingerprint density at radius 1 is 1.47 bits per heavy atom. The van der Waals surface area contributed by atoms with Gasteiger partial charge >= 0.3 is 0 Å². The van der Waals surface area contributed by atoms with Crippen molar-refractivity contribution in [3.8, 4) is 0 Å². The van der Waals surface area contributed by atoms with E-state index in [9.17, 15) is 0 Å². The summed E-state index contributed by atoms with van der Waals surface area (Å²) in [4.78, 5) is 0. The van der Waals surface area contributed by atoms with Crippen molar-refractivity contribution in [3.05, 3.63) is 11.8 Å². The maximum atomic E-state index is 9.03. The van der Waals surface area contributed by atoms with Gasteiger partial charge in [-0.15, -0.1) is 0 Å². The summed E-state index contributed by atoms with van der Waals surface area (Å²) in [5.74, 6) is 0.405. The zero-order valence-electron chi connectivity index (χ0n) is 10.9. The van der Waals surface area contributed by atoms with Crippen LogP contribution in [0.5, 0.6) is 0 Å². The highest BCUT2D eigenvalue weighted by Crippen LogP contribution is 2.28. The minimum atomic E-state index is 0.296. The molecule has 0 amide bonds. The largest absolute Gasteiger partial charge is 0.396 e. The van der Waals surface area contributed by atoms with Gasteiger partial charge in [0, 0.05) is 18.8 Å². The molecule has 90 valence electrons. The van der Waals surface area contributed by atoms with E-state index < -0.39 is 0 Å². The van der Waals surface area contributed by atoms with Crippen LogP contribution in [0, 0.1) is 11.3 Å². The summed E-state index contributed by atoms with van der Waals surface area (Å²) in [5, 5.41) is 12.4. The third-order valence-corrected chi connectivity index (χ3v) is 2.85. The highest BCUT2D eigenvalue weighted by atomic mass is 16.3. The molecule has 0 aromatic rings. The van der Waals surface area contributed by atoms with Crippen molar-refractivity contribution < 1.29 is 5.11 Å². The van der Waals surface area contributed by atoms with E-state index in [1.54, 1.807) is 0 Å². The first-order valence-corrected chi connectivity index (χ1v) is 5.89. The molecule has 0 heterocycles. The molecule has 2 nitrogen and oxygen atoms in total. The maximum Gasteiger partial charge on any atom is 0.0456 e. The number of aliphatic hydroxyl groups excluding tert-OH is 1. The van der Waals surface area contributed by atoms with Crippen LogP contribution < -0.4 is 5.32 Å². The van der Waals surface area contributed by atoms with Gasteiger partial charge in [0.25, 0.3) is 0 Å². The number of hydrogen-bond acceptors (Lipinski definition) is 2. The number of allylic oxidation sites excluding steroid dienone is 2. The van der Waals surface area contributed by atoms with Gasteiger partial charge in [0.1, 0.15) is 0 Å². The summed E-state index contributed by atoms with van der Waals surface area (Å²) in [6, 6.07) is 0. The Balaban J connectivity index is 3.83. The smallest absolute Gasteiger partial charge is 0.0456 e. The minimum Gasteiger partial charge on any atom is -0.396 e. The summed E-state index contributed by atoms with van der Waals surface area (Å²) in [6.07, 6.45) is 4.31. The van der Waals surface area contributed by atoms with Crippen LogP contribution in [0.4, 0.5) is 0 Å². The van der Waals surface area contributed by atoms with Crippen molar-refractivity contribution in [2.45, 2.75) is 47.5 Å². The van der Waals surface area contributed by atoms with E-state index >= 15 is 0 Å². The molecular weight excluding hydrogens is 186 g/mol. The molecule has 2 N–H and O–H groups in total. The van der Waals surface area contributed by atoms with Gasteiger partial charge in [-0.25, -0.2) is 0 Å². The molecule has 0 saturated heterocycles. The van der Waals surface area contributed by atoms with Gasteiger partial charge in [0.15, 0.2) is 0 Å². The summed E-state index contributed by atoms with van der Waals surface area (Å²) in [7, 11) is 0. The number of nitrogens with one attached hydrogen (secondary N) is 1. The van der Waals surface area contributed by atoms with Crippen molar-refractivity contribution >= 4 is 0 Å². The summed E-state index contributed by atoms with van der Waals surface area (Å²) in [5.41, 5.74) is 1.55. The van der Waals surface area contributed by atoms with E-state index in [1.165, 1.54) is 5.70 Å². The van der Waals surface area contributed by atoms with Gasteiger partial charge in [0.2, 0.25) is 0 Å². The monoisotopic (exact) mass is 213 g/mol. The fourth-order valence-corrected chi connectivity index (χ4v) is 1.81. The molecule has 0 aromatic heterocycles. The fraction of sp³-hybridized carbons (Fsp3) is 0.846. The minimum absolute atomic E-state index is 0.296. The topological polar surface area (TPSA) is 32.3 Å². The van der Waals surface area contributed by atoms with Crippen LogP contribution in [-0.2, 0) is 0 Å². The average Bonchev–Trinajstić information content (AvgIpc) is 2.16. The SMILES string of the molecule is C/C=C(/C)NCCC(C)(C)CC(C)CO. The van der Waals surface area contributed by atoms with E-state index in [0.717, 1.165) is 19.4 Å². The highest BCUT2D eigenvalue weighted by molar-refractivity contribution is 4.92. The second kappa shape index (κ2) is 6.89. The first kappa shape index (κ1) is 14.5. The van der Waals surface area contributed by atoms with Crippen molar-refractivity contribution in [3.63, 3.8) is 0 Å². The third kappa shape index (κ3) is 7.43. The first-order chi connectivity index (χ1) is 6.91. The number of hydrogen-bond donors (Lipinski definition) is 2. The van der Waals surface area contributed by atoms with Gasteiger partial charge < -0.3 is 10.4 Å². The lowest BCUT2D eigenvalue weighted by Gasteiger charge is -2.27. The van der Waals surface area contributed by atoms with E-state index in [1.807, 2.05) is 6.92 Å². The van der Waals surface area contributed by atoms with Crippen LogP contribution in [0.2, 0.25) is 0 Å². The van der Waals surface area contributed by atoms with Gasteiger partial charge in [-0.05, 0) is 38.0 Å². The van der Waals surface area contributed by atoms with Gasteiger partial charge in [-0.1, -0.05) is 26.8 Å². The predicted octanol–water partition coefficient (Wildman–Crippen LogP) is 2.93. The Morgan fingerprint density at radius 2 is 2.07 bits per heavy atom. The van der Waals surface area contributed by atoms with Gasteiger partial charge in [-0.2, -0.15) is 0 Å². The summed E-state index contributed by atoms with van der Waals surface area (Å²) < 4.78 is 0. The summed E-state index contributed by atoms with van der Waals surface area (Å²) >= 11 is 0. The molecule has 0 aliphatic rings. The molecule has 1 unspecified atom stereocenters. The van der Waals surface area contributed by atoms with E-state index in [4.69, 9.17) is 5.11 Å².